The smallest absolute Gasteiger partial charge is 0.339 e. The van der Waals surface area contributed by atoms with Gasteiger partial charge in [0.05, 0.1) is 34.6 Å². The van der Waals surface area contributed by atoms with Crippen molar-refractivity contribution in [2.24, 2.45) is 28.6 Å². The van der Waals surface area contributed by atoms with Crippen LogP contribution in [0.4, 0.5) is 0 Å². The number of aliphatic hydroxyl groups is 5. The maximum atomic E-state index is 13.9. The number of benzene rings is 1. The van der Waals surface area contributed by atoms with Crippen LogP contribution in [0.2, 0.25) is 0 Å². The SMILES string of the molecule is CC=Cc1ccccc1C(=O)O[C@@H]1C[C@H]2C(=O)C=C3[C@H](CC[C@]4(C)[C@@H]([C@@](C)(O)C(O)CCC(C)(C)O)CC[C@@]34O)[C@@]2(C)C[C@@H]1O. The minimum Gasteiger partial charge on any atom is -0.456 e. The van der Waals surface area contributed by atoms with Crippen molar-refractivity contribution >= 4 is 17.8 Å². The van der Waals surface area contributed by atoms with Gasteiger partial charge in [0.2, 0.25) is 0 Å². The molecule has 8 nitrogen and oxygen atoms in total. The summed E-state index contributed by atoms with van der Waals surface area (Å²) >= 11 is 0. The fraction of sp³-hybridized carbons (Fsp3) is 0.676. The molecule has 0 saturated heterocycles. The fourth-order valence-corrected chi connectivity index (χ4v) is 9.64. The Morgan fingerprint density at radius 1 is 1.11 bits per heavy atom. The predicted molar refractivity (Wildman–Crippen MR) is 171 cm³/mol. The van der Waals surface area contributed by atoms with Crippen LogP contribution in [0.5, 0.6) is 0 Å². The largest absolute Gasteiger partial charge is 0.456 e. The summed E-state index contributed by atoms with van der Waals surface area (Å²) in [7, 11) is 0. The van der Waals surface area contributed by atoms with E-state index in [-0.39, 0.29) is 31.0 Å². The van der Waals surface area contributed by atoms with Gasteiger partial charge >= 0.3 is 5.97 Å². The second kappa shape index (κ2) is 11.7. The van der Waals surface area contributed by atoms with E-state index >= 15 is 0 Å². The van der Waals surface area contributed by atoms with Crippen molar-refractivity contribution in [2.75, 3.05) is 0 Å². The van der Waals surface area contributed by atoms with E-state index in [2.05, 4.69) is 0 Å². The third-order valence-corrected chi connectivity index (χ3v) is 12.3. The fourth-order valence-electron chi connectivity index (χ4n) is 9.64. The standard InChI is InChI=1S/C37H52O8/c1-7-10-22-11-8-9-12-23(22)32(41)45-29-20-26-27(38)19-25-24(34(26,4)21-28(29)39)13-17-35(5)30(14-18-37(25,35)44)36(6,43)31(40)15-16-33(2,3)42/h7-12,19,24,26,28-31,39-40,42-44H,13-18,20-21H2,1-6H3/t24-,26-,28-,29+,30-,31?,34+,35+,36+,37+/m0/s1. The van der Waals surface area contributed by atoms with Crippen LogP contribution in [0.3, 0.4) is 0 Å². The number of ether oxygens (including phenoxy) is 1. The van der Waals surface area contributed by atoms with Gasteiger partial charge in [-0.2, -0.15) is 0 Å². The van der Waals surface area contributed by atoms with Gasteiger partial charge in [-0.3, -0.25) is 4.79 Å². The molecule has 0 aliphatic heterocycles. The van der Waals surface area contributed by atoms with Crippen molar-refractivity contribution in [3.63, 3.8) is 0 Å². The monoisotopic (exact) mass is 624 g/mol. The first-order valence-corrected chi connectivity index (χ1v) is 16.6. The molecule has 0 amide bonds. The normalized spacial score (nSPS) is 38.5. The Labute approximate surface area is 267 Å². The Morgan fingerprint density at radius 2 is 1.80 bits per heavy atom. The summed E-state index contributed by atoms with van der Waals surface area (Å²) < 4.78 is 5.86. The van der Waals surface area contributed by atoms with Crippen LogP contribution < -0.4 is 0 Å². The molecule has 45 heavy (non-hydrogen) atoms. The van der Waals surface area contributed by atoms with Gasteiger partial charge in [-0.05, 0) is 120 Å². The summed E-state index contributed by atoms with van der Waals surface area (Å²) in [5, 5.41) is 56.9. The first-order chi connectivity index (χ1) is 20.9. The number of aliphatic hydroxyl groups excluding tert-OH is 2. The van der Waals surface area contributed by atoms with Crippen LogP contribution in [0.1, 0.15) is 109 Å². The van der Waals surface area contributed by atoms with Crippen LogP contribution in [0, 0.1) is 28.6 Å². The van der Waals surface area contributed by atoms with E-state index in [4.69, 9.17) is 4.74 Å². The third kappa shape index (κ3) is 5.65. The van der Waals surface area contributed by atoms with Gasteiger partial charge in [-0.25, -0.2) is 4.79 Å². The number of hydrogen-bond donors (Lipinski definition) is 5. The summed E-state index contributed by atoms with van der Waals surface area (Å²) in [6.45, 7) is 10.8. The topological polar surface area (TPSA) is 145 Å². The molecule has 248 valence electrons. The Morgan fingerprint density at radius 3 is 2.47 bits per heavy atom. The van der Waals surface area contributed by atoms with Crippen LogP contribution in [-0.4, -0.2) is 72.4 Å². The highest BCUT2D eigenvalue weighted by atomic mass is 16.6. The van der Waals surface area contributed by atoms with E-state index in [1.807, 2.05) is 45.1 Å². The van der Waals surface area contributed by atoms with Gasteiger partial charge in [0, 0.05) is 11.3 Å². The zero-order chi connectivity index (χ0) is 33.2. The van der Waals surface area contributed by atoms with Crippen molar-refractivity contribution in [3.05, 3.63) is 53.1 Å². The Balaban J connectivity index is 1.39. The molecule has 0 aromatic heterocycles. The first-order valence-electron chi connectivity index (χ1n) is 16.6. The highest BCUT2D eigenvalue weighted by Gasteiger charge is 2.69. The number of carbonyl (C=O) groups excluding carboxylic acids is 2. The molecule has 3 saturated carbocycles. The zero-order valence-electron chi connectivity index (χ0n) is 27.6. The molecule has 5 N–H and O–H groups in total. The predicted octanol–water partition coefficient (Wildman–Crippen LogP) is 4.75. The van der Waals surface area contributed by atoms with E-state index in [0.29, 0.717) is 43.2 Å². The van der Waals surface area contributed by atoms with Crippen LogP contribution >= 0.6 is 0 Å². The molecule has 0 heterocycles. The molecule has 1 aromatic carbocycles. The Hall–Kier alpha value is -2.36. The molecule has 0 spiro atoms. The molecule has 4 aliphatic carbocycles. The van der Waals surface area contributed by atoms with E-state index in [1.165, 1.54) is 0 Å². The van der Waals surface area contributed by atoms with Crippen molar-refractivity contribution < 1.29 is 39.9 Å². The summed E-state index contributed by atoms with van der Waals surface area (Å²) in [5.74, 6) is -1.74. The van der Waals surface area contributed by atoms with Crippen molar-refractivity contribution in [1.29, 1.82) is 0 Å². The lowest BCUT2D eigenvalue weighted by Crippen LogP contribution is -2.63. The number of ketones is 1. The number of fused-ring (bicyclic) bond motifs is 5. The second-order valence-corrected chi connectivity index (χ2v) is 15.7. The Kier molecular flexibility index (Phi) is 8.84. The maximum absolute atomic E-state index is 13.9. The minimum atomic E-state index is -1.51. The third-order valence-electron chi connectivity index (χ3n) is 12.3. The number of allylic oxidation sites excluding steroid dienone is 2. The van der Waals surface area contributed by atoms with Gasteiger partial charge in [0.25, 0.3) is 0 Å². The quantitative estimate of drug-likeness (QED) is 0.261. The first kappa shape index (κ1) is 34.0. The average molecular weight is 625 g/mol. The van der Waals surface area contributed by atoms with E-state index in [0.717, 1.165) is 5.56 Å². The molecule has 10 atom stereocenters. The molecule has 3 fully saturated rings. The lowest BCUT2D eigenvalue weighted by atomic mass is 9.45. The van der Waals surface area contributed by atoms with Crippen LogP contribution in [0.25, 0.3) is 6.08 Å². The van der Waals surface area contributed by atoms with Crippen molar-refractivity contribution in [3.8, 4) is 0 Å². The lowest BCUT2D eigenvalue weighted by Gasteiger charge is -2.60. The van der Waals surface area contributed by atoms with Gasteiger partial charge in [-0.1, -0.05) is 44.2 Å². The maximum Gasteiger partial charge on any atom is 0.339 e. The summed E-state index contributed by atoms with van der Waals surface area (Å²) in [4.78, 5) is 27.1. The van der Waals surface area contributed by atoms with E-state index in [9.17, 15) is 35.1 Å². The summed E-state index contributed by atoms with van der Waals surface area (Å²) in [6, 6.07) is 7.12. The molecular weight excluding hydrogens is 572 g/mol. The zero-order valence-corrected chi connectivity index (χ0v) is 27.6. The highest BCUT2D eigenvalue weighted by Crippen LogP contribution is 2.68. The molecular formula is C37H52O8. The average Bonchev–Trinajstić information content (AvgIpc) is 3.24. The number of hydrogen-bond acceptors (Lipinski definition) is 8. The molecule has 4 aliphatic rings. The molecule has 1 unspecified atom stereocenters. The molecule has 8 heteroatoms. The van der Waals surface area contributed by atoms with Gasteiger partial charge in [0.15, 0.2) is 5.78 Å². The van der Waals surface area contributed by atoms with Gasteiger partial charge in [0.1, 0.15) is 6.10 Å². The van der Waals surface area contributed by atoms with Crippen LogP contribution in [-0.2, 0) is 9.53 Å². The van der Waals surface area contributed by atoms with Gasteiger partial charge in [-0.15, -0.1) is 0 Å². The van der Waals surface area contributed by atoms with Gasteiger partial charge < -0.3 is 30.3 Å². The molecule has 1 aromatic rings. The van der Waals surface area contributed by atoms with E-state index < -0.39 is 63.8 Å². The summed E-state index contributed by atoms with van der Waals surface area (Å²) in [6.07, 6.45) is 5.45. The summed E-state index contributed by atoms with van der Waals surface area (Å²) in [5.41, 5.74) is -3.47. The molecule has 5 rings (SSSR count). The number of rotatable bonds is 8. The number of carbonyl (C=O) groups is 2. The van der Waals surface area contributed by atoms with Crippen LogP contribution in [0.15, 0.2) is 42.0 Å². The molecule has 0 radical (unpaired) electrons. The highest BCUT2D eigenvalue weighted by molar-refractivity contribution is 5.95. The Bertz CT molecular complexity index is 1370. The minimum absolute atomic E-state index is 0.135. The molecule has 0 bridgehead atoms. The van der Waals surface area contributed by atoms with Crippen molar-refractivity contribution in [1.82, 2.24) is 0 Å². The van der Waals surface area contributed by atoms with Crippen molar-refractivity contribution in [2.45, 2.75) is 128 Å². The number of esters is 1. The lowest BCUT2D eigenvalue weighted by molar-refractivity contribution is -0.177. The second-order valence-electron chi connectivity index (χ2n) is 15.7. The van der Waals surface area contributed by atoms with E-state index in [1.54, 1.807) is 39.0 Å².